The fraction of sp³-hybridized carbons (Fsp3) is 0.900. The number of likely N-dealkylation sites (N-methyl/N-ethyl adjacent to an activating group) is 1. The number of amides is 1. The molecule has 0 saturated heterocycles. The molecule has 1 saturated carbocycles. The molecule has 0 bridgehead atoms. The van der Waals surface area contributed by atoms with Gasteiger partial charge in [0.05, 0.1) is 5.25 Å². The second kappa shape index (κ2) is 7.89. The zero-order chi connectivity index (χ0) is 12.0. The molecule has 0 aliphatic heterocycles. The Labute approximate surface area is 109 Å². The average Bonchev–Trinajstić information content (AvgIpc) is 2.70. The zero-order valence-corrected chi connectivity index (χ0v) is 11.7. The Hall–Kier alpha value is -0.330. The molecule has 17 heavy (non-hydrogen) atoms. The molecule has 0 aromatic rings. The topological polar surface area (TPSA) is 75.3 Å². The van der Waals surface area contributed by atoms with Gasteiger partial charge in [0.25, 0.3) is 0 Å². The fourth-order valence-electron chi connectivity index (χ4n) is 1.93. The zero-order valence-electron chi connectivity index (χ0n) is 10.1. The number of nitrogens with one attached hydrogen (secondary N) is 2. The third kappa shape index (κ3) is 5.70. The van der Waals surface area contributed by atoms with E-state index < -0.39 is 9.84 Å². The summed E-state index contributed by atoms with van der Waals surface area (Å²) in [5.41, 5.74) is 0. The van der Waals surface area contributed by atoms with Gasteiger partial charge in [-0.1, -0.05) is 12.8 Å². The molecule has 5 nitrogen and oxygen atoms in total. The molecule has 0 aromatic carbocycles. The monoisotopic (exact) mass is 284 g/mol. The summed E-state index contributed by atoms with van der Waals surface area (Å²) in [6, 6.07) is 0. The van der Waals surface area contributed by atoms with Crippen LogP contribution < -0.4 is 10.6 Å². The first-order valence-corrected chi connectivity index (χ1v) is 7.40. The summed E-state index contributed by atoms with van der Waals surface area (Å²) in [6.07, 6.45) is 3.36. The van der Waals surface area contributed by atoms with E-state index in [-0.39, 0.29) is 29.3 Å². The van der Waals surface area contributed by atoms with Gasteiger partial charge in [0, 0.05) is 13.1 Å². The highest BCUT2D eigenvalue weighted by Gasteiger charge is 2.30. The summed E-state index contributed by atoms with van der Waals surface area (Å²) < 4.78 is 23.6. The van der Waals surface area contributed by atoms with E-state index in [9.17, 15) is 13.2 Å². The van der Waals surface area contributed by atoms with E-state index in [4.69, 9.17) is 0 Å². The van der Waals surface area contributed by atoms with Crippen LogP contribution in [0.5, 0.6) is 0 Å². The van der Waals surface area contributed by atoms with Crippen molar-refractivity contribution >= 4 is 28.2 Å². The molecule has 1 aliphatic rings. The van der Waals surface area contributed by atoms with Gasteiger partial charge in [0.1, 0.15) is 5.75 Å². The summed E-state index contributed by atoms with van der Waals surface area (Å²) in [5.74, 6) is -0.747. The Kier molecular flexibility index (Phi) is 7.74. The highest BCUT2D eigenvalue weighted by atomic mass is 35.5. The number of halogens is 1. The van der Waals surface area contributed by atoms with Crippen molar-refractivity contribution in [3.63, 3.8) is 0 Å². The van der Waals surface area contributed by atoms with Crippen LogP contribution in [-0.4, -0.2) is 45.5 Å². The highest BCUT2D eigenvalue weighted by molar-refractivity contribution is 7.92. The molecule has 7 heteroatoms. The molecule has 1 amide bonds. The van der Waals surface area contributed by atoms with Gasteiger partial charge in [-0.25, -0.2) is 8.42 Å². The Bertz CT molecular complexity index is 326. The van der Waals surface area contributed by atoms with E-state index in [1.165, 1.54) is 0 Å². The van der Waals surface area contributed by atoms with E-state index in [0.717, 1.165) is 12.8 Å². The van der Waals surface area contributed by atoms with Crippen molar-refractivity contribution in [2.75, 3.05) is 25.9 Å². The van der Waals surface area contributed by atoms with E-state index in [1.54, 1.807) is 7.05 Å². The first-order chi connectivity index (χ1) is 7.56. The molecule has 2 N–H and O–H groups in total. The van der Waals surface area contributed by atoms with Gasteiger partial charge in [0.2, 0.25) is 5.91 Å². The summed E-state index contributed by atoms with van der Waals surface area (Å²) >= 11 is 0. The molecular weight excluding hydrogens is 264 g/mol. The molecule has 0 radical (unpaired) electrons. The van der Waals surface area contributed by atoms with E-state index in [0.29, 0.717) is 25.9 Å². The van der Waals surface area contributed by atoms with Crippen molar-refractivity contribution in [3.8, 4) is 0 Å². The molecule has 1 rings (SSSR count). The van der Waals surface area contributed by atoms with Gasteiger partial charge in [-0.15, -0.1) is 12.4 Å². The van der Waals surface area contributed by atoms with Crippen molar-refractivity contribution in [2.45, 2.75) is 30.9 Å². The molecule has 0 atom stereocenters. The molecule has 0 heterocycles. The number of sulfone groups is 1. The smallest absolute Gasteiger partial charge is 0.235 e. The molecule has 102 valence electrons. The quantitative estimate of drug-likeness (QED) is 0.679. The van der Waals surface area contributed by atoms with Crippen LogP contribution in [0, 0.1) is 0 Å². The van der Waals surface area contributed by atoms with Gasteiger partial charge < -0.3 is 10.6 Å². The number of carbonyl (C=O) groups excluding carboxylic acids is 1. The third-order valence-electron chi connectivity index (χ3n) is 2.84. The van der Waals surface area contributed by atoms with Crippen LogP contribution >= 0.6 is 12.4 Å². The van der Waals surface area contributed by atoms with Crippen LogP contribution in [0.2, 0.25) is 0 Å². The van der Waals surface area contributed by atoms with Gasteiger partial charge >= 0.3 is 0 Å². The molecule has 0 aromatic heterocycles. The Morgan fingerprint density at radius 2 is 1.82 bits per heavy atom. The number of hydrogen-bond donors (Lipinski definition) is 2. The van der Waals surface area contributed by atoms with Crippen molar-refractivity contribution in [3.05, 3.63) is 0 Å². The van der Waals surface area contributed by atoms with E-state index in [2.05, 4.69) is 10.6 Å². The van der Waals surface area contributed by atoms with Crippen LogP contribution in [0.3, 0.4) is 0 Å². The van der Waals surface area contributed by atoms with Crippen LogP contribution in [0.25, 0.3) is 0 Å². The molecule has 0 unspecified atom stereocenters. The molecule has 0 spiro atoms. The average molecular weight is 285 g/mol. The summed E-state index contributed by atoms with van der Waals surface area (Å²) in [6.45, 7) is 1.12. The number of carbonyl (C=O) groups is 1. The Morgan fingerprint density at radius 1 is 1.24 bits per heavy atom. The Morgan fingerprint density at radius 3 is 2.35 bits per heavy atom. The van der Waals surface area contributed by atoms with Crippen molar-refractivity contribution in [2.24, 2.45) is 0 Å². The first-order valence-electron chi connectivity index (χ1n) is 5.69. The predicted molar refractivity (Wildman–Crippen MR) is 70.2 cm³/mol. The molecular formula is C10H21ClN2O3S. The van der Waals surface area contributed by atoms with Gasteiger partial charge in [-0.3, -0.25) is 4.79 Å². The predicted octanol–water partition coefficient (Wildman–Crippen LogP) is 0.101. The lowest BCUT2D eigenvalue weighted by molar-refractivity contribution is -0.118. The van der Waals surface area contributed by atoms with Gasteiger partial charge in [-0.05, 0) is 19.9 Å². The minimum atomic E-state index is -3.23. The Balaban J connectivity index is 0.00000256. The minimum Gasteiger partial charge on any atom is -0.354 e. The van der Waals surface area contributed by atoms with E-state index in [1.807, 2.05) is 0 Å². The lowest BCUT2D eigenvalue weighted by atomic mass is 10.4. The second-order valence-electron chi connectivity index (χ2n) is 4.17. The first kappa shape index (κ1) is 16.7. The van der Waals surface area contributed by atoms with Gasteiger partial charge in [0.15, 0.2) is 9.84 Å². The van der Waals surface area contributed by atoms with E-state index >= 15 is 0 Å². The fourth-order valence-corrected chi connectivity index (χ4v) is 3.68. The van der Waals surface area contributed by atoms with Crippen LogP contribution in [0.1, 0.15) is 25.7 Å². The van der Waals surface area contributed by atoms with Crippen molar-refractivity contribution < 1.29 is 13.2 Å². The van der Waals surface area contributed by atoms with Gasteiger partial charge in [-0.2, -0.15) is 0 Å². The lowest BCUT2D eigenvalue weighted by Gasteiger charge is -2.10. The second-order valence-corrected chi connectivity index (χ2v) is 6.45. The standard InChI is InChI=1S/C10H20N2O3S.ClH/c1-11-6-7-12-10(13)8-16(14,15)9-4-2-3-5-9;/h9,11H,2-8H2,1H3,(H,12,13);1H. The number of rotatable bonds is 6. The third-order valence-corrected chi connectivity index (χ3v) is 4.99. The maximum Gasteiger partial charge on any atom is 0.235 e. The minimum absolute atomic E-state index is 0. The summed E-state index contributed by atoms with van der Waals surface area (Å²) in [7, 11) is -1.45. The largest absolute Gasteiger partial charge is 0.354 e. The maximum atomic E-state index is 11.8. The van der Waals surface area contributed by atoms with Crippen molar-refractivity contribution in [1.29, 1.82) is 0 Å². The molecule has 1 aliphatic carbocycles. The lowest BCUT2D eigenvalue weighted by Crippen LogP contribution is -2.37. The van der Waals surface area contributed by atoms with Crippen LogP contribution in [0.15, 0.2) is 0 Å². The SMILES string of the molecule is CNCCNC(=O)CS(=O)(=O)C1CCCC1.Cl. The normalized spacial score (nSPS) is 16.5. The van der Waals surface area contributed by atoms with Crippen molar-refractivity contribution in [1.82, 2.24) is 10.6 Å². The number of hydrogen-bond acceptors (Lipinski definition) is 4. The summed E-state index contributed by atoms with van der Waals surface area (Å²) in [4.78, 5) is 11.4. The molecule has 1 fully saturated rings. The van der Waals surface area contributed by atoms with Crippen LogP contribution in [0.4, 0.5) is 0 Å². The van der Waals surface area contributed by atoms with Crippen LogP contribution in [-0.2, 0) is 14.6 Å². The maximum absolute atomic E-state index is 11.8. The highest BCUT2D eigenvalue weighted by Crippen LogP contribution is 2.24. The summed E-state index contributed by atoms with van der Waals surface area (Å²) in [5, 5.41) is 5.17.